The van der Waals surface area contributed by atoms with E-state index in [-0.39, 0.29) is 53.1 Å². The molecule has 6 aromatic carbocycles. The van der Waals surface area contributed by atoms with Crippen molar-refractivity contribution in [2.45, 2.75) is 119 Å². The molecule has 0 atom stereocenters. The van der Waals surface area contributed by atoms with Gasteiger partial charge in [-0.1, -0.05) is 72.9 Å². The number of benzene rings is 6. The standard InChI is InChI=1S/C19H25N3O7S3.C17H18N2O8S3.C17H19N2O2S.C15H15NO3S.4O3S/c1-5-20-31(26,27)13-10-15-14(6-7-16-18(15)19(3,4)12(2)22-16)17(11-13)32(28,29)21-8-9-30(23,24)25;1-10-17(2,3)16-13-8-11(30(25,26)27)9-15(12(13)4-5-14(16)19-10)29(23,24)18-6-7-28(20,21)22;1-5-18-22(20,21)13-8-6-12-7-9-15-16(14(12)10-13)17(3,4)11(2)19-15;1-9-15(2,3)14-12-8-11(20(17,18)19)6-4-10(12)5-7-13(14)16-9;4*1-4(2)3/h6-7,10-11,20-21H,5,8-9H2,1-4H3,(H,23,24,25);4-5,8-9,18H,1,6-7H2,2-3H3,(H-,20,21,22,25,26,27);6-10,18H,2,5H2,1,3-4H3;4-8H,1-3H3,(H,17,18,19);;;;/q;;+1;;;;;/p+1. The monoisotopic (exact) mass is 1900 g/mol. The van der Waals surface area contributed by atoms with Crippen LogP contribution in [0, 0.1) is 12.8 Å². The average molecular weight is 1900 g/mol. The number of sulfonamides is 4. The van der Waals surface area contributed by atoms with Crippen LogP contribution in [0.2, 0.25) is 0 Å². The molecule has 4 heterocycles. The second kappa shape index (κ2) is 38.2. The van der Waals surface area contributed by atoms with Crippen molar-refractivity contribution in [3.05, 3.63) is 193 Å². The Morgan fingerprint density at radius 3 is 1.27 bits per heavy atom. The van der Waals surface area contributed by atoms with Gasteiger partial charge in [0.05, 0.1) is 100 Å². The summed E-state index contributed by atoms with van der Waals surface area (Å²) in [5.74, 6) is -1.70. The quantitative estimate of drug-likeness (QED) is 0.0449. The zero-order valence-electron chi connectivity index (χ0n) is 65.0. The number of nitrogens with one attached hydrogen (secondary N) is 4. The van der Waals surface area contributed by atoms with Gasteiger partial charge < -0.3 is 0 Å². The highest BCUT2D eigenvalue weighted by Crippen LogP contribution is 2.47. The predicted molar refractivity (Wildman–Crippen MR) is 438 cm³/mol. The lowest BCUT2D eigenvalue weighted by Crippen LogP contribution is -2.36. The first-order valence-corrected chi connectivity index (χ1v) is 49.8. The Kier molecular flexibility index (Phi) is 32.3. The van der Waals surface area contributed by atoms with Crippen molar-refractivity contribution in [1.29, 1.82) is 0 Å². The van der Waals surface area contributed by atoms with Gasteiger partial charge in [-0.05, 0) is 129 Å². The molecule has 12 rings (SSSR count). The average Bonchev–Trinajstić information content (AvgIpc) is 1.52. The molecule has 0 saturated carbocycles. The third-order valence-electron chi connectivity index (χ3n) is 18.6. The number of fused-ring (bicyclic) bond motifs is 12. The van der Waals surface area contributed by atoms with E-state index in [2.05, 4.69) is 75.0 Å². The highest BCUT2D eigenvalue weighted by molar-refractivity contribution is 7.99. The summed E-state index contributed by atoms with van der Waals surface area (Å²) in [6.45, 7) is 30.1. The first-order valence-electron chi connectivity index (χ1n) is 33.8. The van der Waals surface area contributed by atoms with Crippen LogP contribution < -0.4 is 40.0 Å². The lowest BCUT2D eigenvalue weighted by atomic mass is 9.79. The van der Waals surface area contributed by atoms with E-state index in [0.717, 1.165) is 79.4 Å². The zero-order valence-corrected chi connectivity index (χ0v) is 74.8. The van der Waals surface area contributed by atoms with Gasteiger partial charge in [-0.25, -0.2) is 62.5 Å². The van der Waals surface area contributed by atoms with E-state index in [1.807, 2.05) is 62.8 Å². The summed E-state index contributed by atoms with van der Waals surface area (Å²) in [6.07, 6.45) is 7.17. The normalized spacial score (nSPS) is 15.9. The first-order chi connectivity index (χ1) is 54.5. The second-order valence-electron chi connectivity index (χ2n) is 27.8. The van der Waals surface area contributed by atoms with Crippen LogP contribution in [0.15, 0.2) is 160 Å². The van der Waals surface area contributed by atoms with Gasteiger partial charge in [0, 0.05) is 66.0 Å². The fourth-order valence-electron chi connectivity index (χ4n) is 12.6. The third-order valence-corrected chi connectivity index (χ3v) is 27.8. The minimum Gasteiger partial charge on any atom is -0.286 e. The van der Waals surface area contributed by atoms with E-state index < -0.39 is 168 Å². The molecular weight excluding hydrogens is 1830 g/mol. The van der Waals surface area contributed by atoms with Gasteiger partial charge >= 0.3 is 52.6 Å². The fraction of sp³-hybridized carbons (Fsp3) is 0.324. The highest BCUT2D eigenvalue weighted by atomic mass is 32.2. The number of aliphatic imine (C=N–C) groups is 2. The number of rotatable bonds is 18. The molecule has 0 saturated heterocycles. The second-order valence-corrected chi connectivity index (χ2v) is 42.4. The summed E-state index contributed by atoms with van der Waals surface area (Å²) in [4.78, 5) is 16.5. The Bertz CT molecular complexity index is 7090. The van der Waals surface area contributed by atoms with Crippen LogP contribution in [0.25, 0.3) is 32.5 Å². The molecule has 0 aromatic heterocycles. The van der Waals surface area contributed by atoms with Crippen LogP contribution in [0.1, 0.15) is 116 Å². The zero-order chi connectivity index (χ0) is 91.9. The summed E-state index contributed by atoms with van der Waals surface area (Å²) in [5, 5.41) is 4.98. The van der Waals surface area contributed by atoms with Gasteiger partial charge in [-0.2, -0.15) is 33.7 Å². The van der Waals surface area contributed by atoms with Gasteiger partial charge in [0.1, 0.15) is 21.8 Å². The number of hydrogen-bond acceptors (Lipinski definition) is 32. The topological polar surface area (TPSA) is 656 Å². The molecule has 52 heteroatoms. The maximum absolute atomic E-state index is 13.1. The Balaban J connectivity index is 0.000000271. The lowest BCUT2D eigenvalue weighted by molar-refractivity contribution is 0.480. The van der Waals surface area contributed by atoms with Crippen LogP contribution in [-0.2, 0) is 145 Å². The van der Waals surface area contributed by atoms with E-state index in [1.165, 1.54) is 24.3 Å². The number of hydrogen-bond donors (Lipinski definition) is 8. The van der Waals surface area contributed by atoms with E-state index in [0.29, 0.717) is 39.8 Å². The Hall–Kier alpha value is -9.02. The van der Waals surface area contributed by atoms with Crippen LogP contribution in [-0.4, -0.2) is 185 Å². The summed E-state index contributed by atoms with van der Waals surface area (Å²) < 4.78 is 339. The molecule has 2 aliphatic carbocycles. The van der Waals surface area contributed by atoms with Crippen molar-refractivity contribution in [3.8, 4) is 0 Å². The molecule has 0 unspecified atom stereocenters. The van der Waals surface area contributed by atoms with Crippen LogP contribution >= 0.6 is 0 Å². The molecule has 652 valence electrons. The molecule has 120 heavy (non-hydrogen) atoms. The maximum Gasteiger partial charge on any atom is 0.425 e. The molecule has 0 fully saturated rings. The molecular formula is C68H78N8O32S12+2. The van der Waals surface area contributed by atoms with Gasteiger partial charge in [0.15, 0.2) is 14.7 Å². The molecule has 6 aliphatic rings. The van der Waals surface area contributed by atoms with Crippen molar-refractivity contribution in [3.63, 3.8) is 0 Å². The Morgan fingerprint density at radius 1 is 0.408 bits per heavy atom. The highest BCUT2D eigenvalue weighted by Gasteiger charge is 2.44. The predicted octanol–water partition coefficient (Wildman–Crippen LogP) is 1.79. The summed E-state index contributed by atoms with van der Waals surface area (Å²) in [7, 11) is -46.4. The summed E-state index contributed by atoms with van der Waals surface area (Å²) in [5.41, 5.74) is 7.23. The van der Waals surface area contributed by atoms with Gasteiger partial charge in [-0.15, -0.1) is 50.5 Å². The molecule has 40 nitrogen and oxygen atoms in total. The van der Waals surface area contributed by atoms with E-state index in [9.17, 15) is 76.4 Å². The number of allylic oxidation sites excluding steroid dienone is 5. The largest absolute Gasteiger partial charge is 0.425 e. The van der Waals surface area contributed by atoms with Crippen LogP contribution in [0.5, 0.6) is 0 Å². The van der Waals surface area contributed by atoms with E-state index in [1.54, 1.807) is 64.5 Å². The molecule has 0 amide bonds. The SMILES string of the molecule is C=C1N=c2ccc3c(c2C1(C)C)[CH+]C(S(=O)(=O)NCC)=CC=3.C=C1N=c2ccc3c(c2C1(C)C)[CH+]C(S(=O)(=O)O)=CC=3S(=O)(=O)NCCS(=O)(=O)O.CC1=Nc2ccc3ccc(S(=O)(=O)O)cc3c2C1(C)C.CCNS(=O)(=O)c1cc(S(=O)(=O)NCCS(=O)(=O)O)c2ccc3c(c2c1)C(C)(C)C(C)=N3.O=S(=O)=O.O=S(=O)=O.O=S(=O)=O.O=S(=O)=O. The Morgan fingerprint density at radius 2 is 0.817 bits per heavy atom. The molecule has 8 N–H and O–H groups in total. The van der Waals surface area contributed by atoms with E-state index in [4.69, 9.17) is 59.6 Å². The van der Waals surface area contributed by atoms with Crippen molar-refractivity contribution >= 4 is 178 Å². The van der Waals surface area contributed by atoms with Gasteiger partial charge in [-0.3, -0.25) is 28.2 Å². The van der Waals surface area contributed by atoms with Crippen molar-refractivity contribution in [2.24, 2.45) is 20.0 Å². The molecule has 0 bridgehead atoms. The Labute approximate surface area is 697 Å². The minimum absolute atomic E-state index is 0.0845. The minimum atomic E-state index is -4.77. The van der Waals surface area contributed by atoms with Gasteiger partial charge in [0.2, 0.25) is 20.0 Å². The van der Waals surface area contributed by atoms with Crippen molar-refractivity contribution in [2.75, 3.05) is 37.7 Å². The number of nitrogens with zero attached hydrogens (tertiary/aromatic N) is 4. The van der Waals surface area contributed by atoms with E-state index >= 15 is 0 Å². The molecule has 6 aromatic rings. The first kappa shape index (κ1) is 102. The fourth-order valence-corrected chi connectivity index (χ4v) is 19.4. The third kappa shape index (κ3) is 25.1. The molecule has 0 radical (unpaired) electrons. The summed E-state index contributed by atoms with van der Waals surface area (Å²) >= 11 is 0. The van der Waals surface area contributed by atoms with Crippen LogP contribution in [0.3, 0.4) is 0 Å². The maximum atomic E-state index is 13.1. The molecule has 4 aliphatic heterocycles. The lowest BCUT2D eigenvalue weighted by Gasteiger charge is -2.23. The van der Waals surface area contributed by atoms with Gasteiger partial charge in [0.25, 0.3) is 50.4 Å². The van der Waals surface area contributed by atoms with Crippen LogP contribution in [0.4, 0.5) is 11.4 Å². The van der Waals surface area contributed by atoms with Crippen molar-refractivity contribution in [1.82, 2.24) is 18.9 Å². The smallest absolute Gasteiger partial charge is 0.286 e. The summed E-state index contributed by atoms with van der Waals surface area (Å²) in [6, 6.07) is 21.2. The molecule has 0 spiro atoms. The van der Waals surface area contributed by atoms with Crippen molar-refractivity contribution < 1.29 is 136 Å².